The Labute approximate surface area is 127 Å². The Bertz CT molecular complexity index is 447. The molecule has 5 heteroatoms. The smallest absolute Gasteiger partial charge is 0.257 e. The summed E-state index contributed by atoms with van der Waals surface area (Å²) in [6, 6.07) is 5.66. The Kier molecular flexibility index (Phi) is 7.61. The van der Waals surface area contributed by atoms with E-state index in [1.54, 1.807) is 7.11 Å². The van der Waals surface area contributed by atoms with Crippen LogP contribution in [-0.2, 0) is 11.3 Å². The first-order chi connectivity index (χ1) is 10.1. The standard InChI is InChI=1S/C16H26N2O3/c1-5-18-16(19)11-21-15-8-14(20-4)7-6-13(15)10-17-9-12(2)3/h6-8,12,17H,5,9-11H2,1-4H3,(H,18,19). The maximum atomic E-state index is 11.5. The minimum atomic E-state index is -0.124. The Hall–Kier alpha value is -1.75. The Balaban J connectivity index is 2.69. The van der Waals surface area contributed by atoms with Gasteiger partial charge in [-0.05, 0) is 25.5 Å². The Morgan fingerprint density at radius 1 is 1.33 bits per heavy atom. The molecule has 0 saturated carbocycles. The predicted octanol–water partition coefficient (Wildman–Crippen LogP) is 1.96. The van der Waals surface area contributed by atoms with E-state index in [0.717, 1.165) is 12.1 Å². The van der Waals surface area contributed by atoms with Crippen molar-refractivity contribution >= 4 is 5.91 Å². The molecule has 118 valence electrons. The van der Waals surface area contributed by atoms with Gasteiger partial charge in [0.05, 0.1) is 7.11 Å². The zero-order chi connectivity index (χ0) is 15.7. The predicted molar refractivity (Wildman–Crippen MR) is 83.7 cm³/mol. The molecule has 2 N–H and O–H groups in total. The minimum absolute atomic E-state index is 0.0121. The summed E-state index contributed by atoms with van der Waals surface area (Å²) < 4.78 is 10.8. The van der Waals surface area contributed by atoms with Crippen molar-refractivity contribution in [3.05, 3.63) is 23.8 Å². The molecule has 1 rings (SSSR count). The summed E-state index contributed by atoms with van der Waals surface area (Å²) >= 11 is 0. The average Bonchev–Trinajstić information content (AvgIpc) is 2.46. The molecule has 1 aromatic rings. The molecule has 1 amide bonds. The monoisotopic (exact) mass is 294 g/mol. The van der Waals surface area contributed by atoms with Crippen LogP contribution in [0.25, 0.3) is 0 Å². The summed E-state index contributed by atoms with van der Waals surface area (Å²) in [7, 11) is 1.61. The van der Waals surface area contributed by atoms with Crippen LogP contribution in [-0.4, -0.2) is 32.7 Å². The highest BCUT2D eigenvalue weighted by atomic mass is 16.5. The van der Waals surface area contributed by atoms with Crippen LogP contribution in [0.5, 0.6) is 11.5 Å². The van der Waals surface area contributed by atoms with Gasteiger partial charge in [-0.15, -0.1) is 0 Å². The van der Waals surface area contributed by atoms with Gasteiger partial charge in [0.2, 0.25) is 0 Å². The first kappa shape index (κ1) is 17.3. The number of ether oxygens (including phenoxy) is 2. The maximum Gasteiger partial charge on any atom is 0.257 e. The number of methoxy groups -OCH3 is 1. The molecule has 0 spiro atoms. The lowest BCUT2D eigenvalue weighted by atomic mass is 10.1. The molecule has 0 atom stereocenters. The van der Waals surface area contributed by atoms with Crippen molar-refractivity contribution in [3.8, 4) is 11.5 Å². The quantitative estimate of drug-likeness (QED) is 0.731. The summed E-state index contributed by atoms with van der Waals surface area (Å²) in [4.78, 5) is 11.5. The number of hydrogen-bond acceptors (Lipinski definition) is 4. The van der Waals surface area contributed by atoms with Gasteiger partial charge in [0.1, 0.15) is 11.5 Å². The van der Waals surface area contributed by atoms with Crippen LogP contribution in [0.15, 0.2) is 18.2 Å². The summed E-state index contributed by atoms with van der Waals surface area (Å²) in [5.74, 6) is 1.86. The highest BCUT2D eigenvalue weighted by molar-refractivity contribution is 5.77. The van der Waals surface area contributed by atoms with Crippen molar-refractivity contribution in [2.75, 3.05) is 26.8 Å². The maximum absolute atomic E-state index is 11.5. The van der Waals surface area contributed by atoms with Gasteiger partial charge in [0, 0.05) is 24.7 Å². The van der Waals surface area contributed by atoms with Crippen LogP contribution in [0.1, 0.15) is 26.3 Å². The molecular weight excluding hydrogens is 268 g/mol. The van der Waals surface area contributed by atoms with Gasteiger partial charge in [-0.25, -0.2) is 0 Å². The van der Waals surface area contributed by atoms with Crippen molar-refractivity contribution in [2.24, 2.45) is 5.92 Å². The van der Waals surface area contributed by atoms with Crippen molar-refractivity contribution in [3.63, 3.8) is 0 Å². The van der Waals surface area contributed by atoms with Crippen LogP contribution < -0.4 is 20.1 Å². The van der Waals surface area contributed by atoms with E-state index in [2.05, 4.69) is 24.5 Å². The molecule has 1 aromatic carbocycles. The zero-order valence-electron chi connectivity index (χ0n) is 13.4. The zero-order valence-corrected chi connectivity index (χ0v) is 13.4. The van der Waals surface area contributed by atoms with Gasteiger partial charge in [-0.3, -0.25) is 4.79 Å². The van der Waals surface area contributed by atoms with Crippen LogP contribution >= 0.6 is 0 Å². The number of nitrogens with one attached hydrogen (secondary N) is 2. The third-order valence-electron chi connectivity index (χ3n) is 2.88. The molecule has 0 fully saturated rings. The second-order valence-electron chi connectivity index (χ2n) is 5.24. The fourth-order valence-electron chi connectivity index (χ4n) is 1.83. The Morgan fingerprint density at radius 3 is 2.71 bits per heavy atom. The van der Waals surface area contributed by atoms with Gasteiger partial charge in [-0.1, -0.05) is 19.9 Å². The van der Waals surface area contributed by atoms with Gasteiger partial charge in [0.15, 0.2) is 6.61 Å². The molecule has 0 aliphatic rings. The number of hydrogen-bond donors (Lipinski definition) is 2. The molecule has 0 radical (unpaired) electrons. The summed E-state index contributed by atoms with van der Waals surface area (Å²) in [5.41, 5.74) is 1.01. The highest BCUT2D eigenvalue weighted by Crippen LogP contribution is 2.24. The number of benzene rings is 1. The summed E-state index contributed by atoms with van der Waals surface area (Å²) in [5, 5.41) is 6.08. The summed E-state index contributed by atoms with van der Waals surface area (Å²) in [6.45, 7) is 8.45. The second-order valence-corrected chi connectivity index (χ2v) is 5.24. The number of carbonyl (C=O) groups excluding carboxylic acids is 1. The van der Waals surface area contributed by atoms with E-state index in [4.69, 9.17) is 9.47 Å². The van der Waals surface area contributed by atoms with Crippen LogP contribution in [0.4, 0.5) is 0 Å². The fraction of sp³-hybridized carbons (Fsp3) is 0.562. The van der Waals surface area contributed by atoms with E-state index in [0.29, 0.717) is 30.5 Å². The first-order valence-electron chi connectivity index (χ1n) is 7.34. The van der Waals surface area contributed by atoms with E-state index in [1.165, 1.54) is 0 Å². The summed E-state index contributed by atoms with van der Waals surface area (Å²) in [6.07, 6.45) is 0. The van der Waals surface area contributed by atoms with Crippen LogP contribution in [0, 0.1) is 5.92 Å². The lowest BCUT2D eigenvalue weighted by Crippen LogP contribution is -2.28. The molecule has 0 aliphatic carbocycles. The number of amides is 1. The Morgan fingerprint density at radius 2 is 2.10 bits per heavy atom. The van der Waals surface area contributed by atoms with E-state index < -0.39 is 0 Å². The average molecular weight is 294 g/mol. The van der Waals surface area contributed by atoms with Crippen LogP contribution in [0.2, 0.25) is 0 Å². The van der Waals surface area contributed by atoms with Gasteiger partial charge < -0.3 is 20.1 Å². The third kappa shape index (κ3) is 6.49. The van der Waals surface area contributed by atoms with Crippen molar-refractivity contribution in [1.82, 2.24) is 10.6 Å². The molecule has 21 heavy (non-hydrogen) atoms. The topological polar surface area (TPSA) is 59.6 Å². The van der Waals surface area contributed by atoms with Crippen molar-refractivity contribution in [1.29, 1.82) is 0 Å². The largest absolute Gasteiger partial charge is 0.497 e. The van der Waals surface area contributed by atoms with Crippen molar-refractivity contribution < 1.29 is 14.3 Å². The lowest BCUT2D eigenvalue weighted by Gasteiger charge is -2.14. The lowest BCUT2D eigenvalue weighted by molar-refractivity contribution is -0.123. The van der Waals surface area contributed by atoms with E-state index in [-0.39, 0.29) is 12.5 Å². The van der Waals surface area contributed by atoms with Gasteiger partial charge in [-0.2, -0.15) is 0 Å². The number of rotatable bonds is 9. The second kappa shape index (κ2) is 9.23. The molecule has 0 bridgehead atoms. The van der Waals surface area contributed by atoms with Crippen LogP contribution in [0.3, 0.4) is 0 Å². The normalized spacial score (nSPS) is 10.5. The number of likely N-dealkylation sites (N-methyl/N-ethyl adjacent to an activating group) is 1. The van der Waals surface area contributed by atoms with Gasteiger partial charge >= 0.3 is 0 Å². The first-order valence-corrected chi connectivity index (χ1v) is 7.34. The van der Waals surface area contributed by atoms with E-state index >= 15 is 0 Å². The molecule has 5 nitrogen and oxygen atoms in total. The minimum Gasteiger partial charge on any atom is -0.497 e. The number of carbonyl (C=O) groups is 1. The third-order valence-corrected chi connectivity index (χ3v) is 2.88. The fourth-order valence-corrected chi connectivity index (χ4v) is 1.83. The molecule has 0 aliphatic heterocycles. The SMILES string of the molecule is CCNC(=O)COc1cc(OC)ccc1CNCC(C)C. The van der Waals surface area contributed by atoms with E-state index in [9.17, 15) is 4.79 Å². The van der Waals surface area contributed by atoms with Crippen molar-refractivity contribution in [2.45, 2.75) is 27.3 Å². The molecule has 0 heterocycles. The molecule has 0 saturated heterocycles. The van der Waals surface area contributed by atoms with E-state index in [1.807, 2.05) is 25.1 Å². The highest BCUT2D eigenvalue weighted by Gasteiger charge is 2.08. The molecule has 0 aromatic heterocycles. The molecular formula is C16H26N2O3. The van der Waals surface area contributed by atoms with Gasteiger partial charge in [0.25, 0.3) is 5.91 Å². The molecule has 0 unspecified atom stereocenters.